The van der Waals surface area contributed by atoms with Crippen LogP contribution in [0.1, 0.15) is 5.56 Å². The van der Waals surface area contributed by atoms with Gasteiger partial charge in [-0.15, -0.1) is 0 Å². The average Bonchev–Trinajstić information content (AvgIpc) is 2.49. The number of allylic oxidation sites excluding steroid dienone is 1. The van der Waals surface area contributed by atoms with E-state index in [1.54, 1.807) is 17.8 Å². The van der Waals surface area contributed by atoms with Crippen molar-refractivity contribution in [3.05, 3.63) is 64.7 Å². The number of nitrogens with zero attached hydrogens (tertiary/aromatic N) is 2. The molecule has 2 aromatic carbocycles. The van der Waals surface area contributed by atoms with Crippen LogP contribution in [0.25, 0.3) is 6.08 Å². The molecular weight excluding hydrogens is 288 g/mol. The molecule has 0 amide bonds. The van der Waals surface area contributed by atoms with E-state index in [0.717, 1.165) is 20.4 Å². The molecule has 0 aliphatic carbocycles. The molecule has 0 saturated carbocycles. The third-order valence-corrected chi connectivity index (χ3v) is 3.75. The Balaban J connectivity index is 2.13. The largest absolute Gasteiger partial charge is 0.192 e. The number of rotatable bonds is 3. The van der Waals surface area contributed by atoms with Crippen LogP contribution in [-0.2, 0) is 0 Å². The van der Waals surface area contributed by atoms with Crippen molar-refractivity contribution in [1.82, 2.24) is 0 Å². The average molecular weight is 297 g/mol. The van der Waals surface area contributed by atoms with E-state index in [1.165, 1.54) is 0 Å². The Labute approximate surface area is 126 Å². The summed E-state index contributed by atoms with van der Waals surface area (Å²) in [4.78, 5) is 2.19. The second-order valence-electron chi connectivity index (χ2n) is 3.91. The number of nitriles is 2. The third-order valence-electron chi connectivity index (χ3n) is 2.48. The summed E-state index contributed by atoms with van der Waals surface area (Å²) in [5.41, 5.74) is 0.937. The van der Waals surface area contributed by atoms with Crippen molar-refractivity contribution in [3.63, 3.8) is 0 Å². The highest BCUT2D eigenvalue weighted by molar-refractivity contribution is 7.99. The molecule has 0 N–H and O–H groups in total. The molecule has 96 valence electrons. The molecule has 0 aromatic heterocycles. The van der Waals surface area contributed by atoms with E-state index in [4.69, 9.17) is 22.1 Å². The summed E-state index contributed by atoms with van der Waals surface area (Å²) in [6.07, 6.45) is 1.57. The van der Waals surface area contributed by atoms with Gasteiger partial charge in [0.25, 0.3) is 0 Å². The van der Waals surface area contributed by atoms with Gasteiger partial charge in [0.05, 0.1) is 0 Å². The lowest BCUT2D eigenvalue weighted by Gasteiger charge is -2.02. The van der Waals surface area contributed by atoms with E-state index in [1.807, 2.05) is 60.7 Å². The van der Waals surface area contributed by atoms with E-state index in [0.29, 0.717) is 0 Å². The molecule has 2 aromatic rings. The Morgan fingerprint density at radius 2 is 1.40 bits per heavy atom. The predicted octanol–water partition coefficient (Wildman–Crippen LogP) is 4.92. The van der Waals surface area contributed by atoms with E-state index in [-0.39, 0.29) is 5.57 Å². The first-order valence-corrected chi connectivity index (χ1v) is 6.96. The molecule has 20 heavy (non-hydrogen) atoms. The second-order valence-corrected chi connectivity index (χ2v) is 5.49. The van der Waals surface area contributed by atoms with Gasteiger partial charge in [-0.25, -0.2) is 0 Å². The van der Waals surface area contributed by atoms with Gasteiger partial charge < -0.3 is 0 Å². The highest BCUT2D eigenvalue weighted by Gasteiger charge is 1.99. The van der Waals surface area contributed by atoms with Crippen LogP contribution in [0.3, 0.4) is 0 Å². The standard InChI is InChI=1S/C16H9ClN2S/c17-14-3-7-16(8-4-14)20-15-5-1-12(2-6-15)9-13(10-18)11-19/h1-9H. The minimum Gasteiger partial charge on any atom is -0.192 e. The van der Waals surface area contributed by atoms with E-state index in [2.05, 4.69) is 0 Å². The Morgan fingerprint density at radius 3 is 1.90 bits per heavy atom. The normalized spacial score (nSPS) is 9.35. The fourth-order valence-electron chi connectivity index (χ4n) is 1.53. The molecule has 0 unspecified atom stereocenters. The van der Waals surface area contributed by atoms with E-state index >= 15 is 0 Å². The molecule has 2 rings (SSSR count). The van der Waals surface area contributed by atoms with Crippen molar-refractivity contribution in [2.24, 2.45) is 0 Å². The van der Waals surface area contributed by atoms with Gasteiger partial charge in [-0.1, -0.05) is 35.5 Å². The Bertz CT molecular complexity index is 688. The molecular formula is C16H9ClN2S. The first-order chi connectivity index (χ1) is 9.71. The summed E-state index contributed by atoms with van der Waals surface area (Å²) in [5.74, 6) is 0. The number of hydrogen-bond acceptors (Lipinski definition) is 3. The zero-order chi connectivity index (χ0) is 14.4. The van der Waals surface area contributed by atoms with Crippen LogP contribution in [0.5, 0.6) is 0 Å². The lowest BCUT2D eigenvalue weighted by atomic mass is 10.1. The molecule has 0 saturated heterocycles. The molecule has 0 fully saturated rings. The summed E-state index contributed by atoms with van der Waals surface area (Å²) in [6, 6.07) is 19.0. The van der Waals surface area contributed by atoms with Crippen LogP contribution in [0.4, 0.5) is 0 Å². The van der Waals surface area contributed by atoms with Crippen molar-refractivity contribution in [2.45, 2.75) is 9.79 Å². The maximum Gasteiger partial charge on any atom is 0.130 e. The first kappa shape index (κ1) is 14.2. The molecule has 0 aliphatic rings. The van der Waals surface area contributed by atoms with Crippen molar-refractivity contribution >= 4 is 29.4 Å². The maximum atomic E-state index is 8.70. The summed E-state index contributed by atoms with van der Waals surface area (Å²) in [7, 11) is 0. The highest BCUT2D eigenvalue weighted by atomic mass is 35.5. The van der Waals surface area contributed by atoms with Crippen molar-refractivity contribution in [3.8, 4) is 12.1 Å². The van der Waals surface area contributed by atoms with E-state index in [9.17, 15) is 0 Å². The van der Waals surface area contributed by atoms with Gasteiger partial charge in [0.2, 0.25) is 0 Å². The van der Waals surface area contributed by atoms with Crippen LogP contribution in [0, 0.1) is 22.7 Å². The number of hydrogen-bond donors (Lipinski definition) is 0. The third kappa shape index (κ3) is 3.90. The quantitative estimate of drug-likeness (QED) is 0.755. The minimum absolute atomic E-state index is 0.100. The van der Waals surface area contributed by atoms with Crippen molar-refractivity contribution < 1.29 is 0 Å². The SMILES string of the molecule is N#CC(C#N)=Cc1ccc(Sc2ccc(Cl)cc2)cc1. The molecule has 0 spiro atoms. The van der Waals surface area contributed by atoms with Crippen molar-refractivity contribution in [1.29, 1.82) is 10.5 Å². The molecule has 4 heteroatoms. The van der Waals surface area contributed by atoms with Crippen molar-refractivity contribution in [2.75, 3.05) is 0 Å². The molecule has 2 nitrogen and oxygen atoms in total. The summed E-state index contributed by atoms with van der Waals surface area (Å²) in [6.45, 7) is 0. The Hall–Kier alpha value is -2.20. The zero-order valence-electron chi connectivity index (χ0n) is 10.4. The van der Waals surface area contributed by atoms with Gasteiger partial charge in [-0.2, -0.15) is 10.5 Å². The Kier molecular flexibility index (Phi) is 4.85. The smallest absolute Gasteiger partial charge is 0.130 e. The minimum atomic E-state index is 0.100. The van der Waals surface area contributed by atoms with Gasteiger partial charge >= 0.3 is 0 Å². The van der Waals surface area contributed by atoms with Crippen LogP contribution in [0.15, 0.2) is 63.9 Å². The van der Waals surface area contributed by atoms with Gasteiger partial charge in [-0.05, 0) is 48.0 Å². The Morgan fingerprint density at radius 1 is 0.900 bits per heavy atom. The first-order valence-electron chi connectivity index (χ1n) is 5.76. The van der Waals surface area contributed by atoms with Gasteiger partial charge in [-0.3, -0.25) is 0 Å². The summed E-state index contributed by atoms with van der Waals surface area (Å²) in [5, 5.41) is 18.1. The topological polar surface area (TPSA) is 47.6 Å². The molecule has 0 radical (unpaired) electrons. The lowest BCUT2D eigenvalue weighted by Crippen LogP contribution is -1.78. The zero-order valence-corrected chi connectivity index (χ0v) is 11.9. The predicted molar refractivity (Wildman–Crippen MR) is 81.2 cm³/mol. The maximum absolute atomic E-state index is 8.70. The van der Waals surface area contributed by atoms with Crippen LogP contribution in [0.2, 0.25) is 5.02 Å². The molecule has 0 heterocycles. The van der Waals surface area contributed by atoms with E-state index < -0.39 is 0 Å². The molecule has 0 bridgehead atoms. The van der Waals surface area contributed by atoms with Crippen LogP contribution in [-0.4, -0.2) is 0 Å². The highest BCUT2D eigenvalue weighted by Crippen LogP contribution is 2.28. The van der Waals surface area contributed by atoms with Crippen LogP contribution >= 0.6 is 23.4 Å². The van der Waals surface area contributed by atoms with Crippen LogP contribution < -0.4 is 0 Å². The van der Waals surface area contributed by atoms with Gasteiger partial charge in [0.15, 0.2) is 0 Å². The lowest BCUT2D eigenvalue weighted by molar-refractivity contribution is 1.40. The molecule has 0 atom stereocenters. The van der Waals surface area contributed by atoms with Gasteiger partial charge in [0.1, 0.15) is 17.7 Å². The number of halogens is 1. The molecule has 0 aliphatic heterocycles. The fourth-order valence-corrected chi connectivity index (χ4v) is 2.47. The summed E-state index contributed by atoms with van der Waals surface area (Å²) < 4.78 is 0. The monoisotopic (exact) mass is 296 g/mol. The van der Waals surface area contributed by atoms with Gasteiger partial charge in [0, 0.05) is 14.8 Å². The fraction of sp³-hybridized carbons (Fsp3) is 0. The number of benzene rings is 2. The second kappa shape index (κ2) is 6.82. The summed E-state index contributed by atoms with van der Waals surface area (Å²) >= 11 is 7.47.